The van der Waals surface area contributed by atoms with Crippen molar-refractivity contribution in [2.45, 2.75) is 20.8 Å². The highest BCUT2D eigenvalue weighted by molar-refractivity contribution is 6.31. The van der Waals surface area contributed by atoms with Gasteiger partial charge in [-0.2, -0.15) is 0 Å². The number of rotatable bonds is 4. The molecule has 0 fully saturated rings. The molecule has 3 rings (SSSR count). The lowest BCUT2D eigenvalue weighted by Crippen LogP contribution is -2.04. The second kappa shape index (κ2) is 9.79. The fourth-order valence-corrected chi connectivity index (χ4v) is 2.89. The predicted octanol–water partition coefficient (Wildman–Crippen LogP) is 6.58. The van der Waals surface area contributed by atoms with E-state index in [2.05, 4.69) is 0 Å². The molecule has 3 aromatic rings. The van der Waals surface area contributed by atoms with E-state index in [1.54, 1.807) is 37.3 Å². The van der Waals surface area contributed by atoms with Gasteiger partial charge in [0.05, 0.1) is 12.2 Å². The highest BCUT2D eigenvalue weighted by atomic mass is 35.5. The lowest BCUT2D eigenvalue weighted by molar-refractivity contribution is 0.0526. The van der Waals surface area contributed by atoms with E-state index in [1.165, 1.54) is 0 Å². The number of halogens is 1. The molecular formula is C23H23ClO3. The third-order valence-corrected chi connectivity index (χ3v) is 4.10. The Balaban J connectivity index is 0.00000126. The summed E-state index contributed by atoms with van der Waals surface area (Å²) < 4.78 is 5.07. The van der Waals surface area contributed by atoms with E-state index in [4.69, 9.17) is 16.3 Å². The Bertz CT molecular complexity index is 919. The number of hydrogen-bond acceptors (Lipinski definition) is 3. The fourth-order valence-electron chi connectivity index (χ4n) is 2.72. The molecule has 0 aliphatic rings. The summed E-state index contributed by atoms with van der Waals surface area (Å²) in [6.45, 7) is 6.11. The molecule has 27 heavy (non-hydrogen) atoms. The second-order valence-electron chi connectivity index (χ2n) is 5.51. The molecule has 0 unspecified atom stereocenters. The van der Waals surface area contributed by atoms with Crippen LogP contribution in [0, 0.1) is 0 Å². The first-order valence-electron chi connectivity index (χ1n) is 8.95. The number of aromatic hydroxyl groups is 1. The van der Waals surface area contributed by atoms with Gasteiger partial charge in [-0.3, -0.25) is 0 Å². The molecule has 0 saturated heterocycles. The Kier molecular flexibility index (Phi) is 7.44. The summed E-state index contributed by atoms with van der Waals surface area (Å²) in [6, 6.07) is 19.9. The number of hydrogen-bond donors (Lipinski definition) is 1. The quantitative estimate of drug-likeness (QED) is 0.518. The smallest absolute Gasteiger partial charge is 0.338 e. The minimum Gasteiger partial charge on any atom is -0.507 e. The lowest BCUT2D eigenvalue weighted by atomic mass is 9.93. The van der Waals surface area contributed by atoms with Crippen LogP contribution in [-0.2, 0) is 4.74 Å². The van der Waals surface area contributed by atoms with Crippen LogP contribution < -0.4 is 0 Å². The topological polar surface area (TPSA) is 46.5 Å². The van der Waals surface area contributed by atoms with Crippen molar-refractivity contribution in [3.8, 4) is 28.0 Å². The summed E-state index contributed by atoms with van der Waals surface area (Å²) in [4.78, 5) is 12.0. The molecule has 0 bridgehead atoms. The number of ether oxygens (including phenoxy) is 1. The van der Waals surface area contributed by atoms with E-state index in [0.29, 0.717) is 22.8 Å². The molecule has 0 aromatic heterocycles. The monoisotopic (exact) mass is 382 g/mol. The normalized spacial score (nSPS) is 9.93. The fraction of sp³-hybridized carbons (Fsp3) is 0.174. The molecule has 3 nitrogen and oxygen atoms in total. The number of phenols is 1. The standard InChI is InChI=1S/C21H17ClO3.C2H6/c1-2-25-21(24)15-7-5-6-14(12-15)17-8-3-4-9-18(17)19-13-16(22)10-11-20(19)23;1-2/h3-13,23H,2H2,1H3;1-2H3. The summed E-state index contributed by atoms with van der Waals surface area (Å²) in [5.74, 6) is -0.203. The molecule has 3 aromatic carbocycles. The van der Waals surface area contributed by atoms with E-state index in [9.17, 15) is 9.90 Å². The number of esters is 1. The first-order chi connectivity index (χ1) is 13.1. The van der Waals surface area contributed by atoms with Crippen molar-refractivity contribution in [2.24, 2.45) is 0 Å². The Hall–Kier alpha value is -2.78. The maximum absolute atomic E-state index is 12.0. The molecule has 4 heteroatoms. The summed E-state index contributed by atoms with van der Waals surface area (Å²) in [5, 5.41) is 10.8. The van der Waals surface area contributed by atoms with Crippen molar-refractivity contribution >= 4 is 17.6 Å². The van der Waals surface area contributed by atoms with Crippen molar-refractivity contribution in [3.63, 3.8) is 0 Å². The van der Waals surface area contributed by atoms with Crippen molar-refractivity contribution in [1.29, 1.82) is 0 Å². The zero-order chi connectivity index (χ0) is 19.8. The Morgan fingerprint density at radius 1 is 0.926 bits per heavy atom. The van der Waals surface area contributed by atoms with E-state index in [-0.39, 0.29) is 11.7 Å². The first kappa shape index (κ1) is 20.5. The lowest BCUT2D eigenvalue weighted by Gasteiger charge is -2.13. The van der Waals surface area contributed by atoms with Gasteiger partial charge in [0.2, 0.25) is 0 Å². The third kappa shape index (κ3) is 4.89. The van der Waals surface area contributed by atoms with Crippen molar-refractivity contribution in [1.82, 2.24) is 0 Å². The highest BCUT2D eigenvalue weighted by Gasteiger charge is 2.13. The molecule has 0 aliphatic heterocycles. The third-order valence-electron chi connectivity index (χ3n) is 3.86. The van der Waals surface area contributed by atoms with Crippen LogP contribution in [0.4, 0.5) is 0 Å². The molecule has 1 N–H and O–H groups in total. The van der Waals surface area contributed by atoms with Crippen molar-refractivity contribution in [3.05, 3.63) is 77.3 Å². The van der Waals surface area contributed by atoms with Gasteiger partial charge in [0, 0.05) is 10.6 Å². The van der Waals surface area contributed by atoms with Crippen LogP contribution >= 0.6 is 11.6 Å². The van der Waals surface area contributed by atoms with Gasteiger partial charge in [-0.05, 0) is 53.9 Å². The average molecular weight is 383 g/mol. The molecule has 0 heterocycles. The van der Waals surface area contributed by atoms with Gasteiger partial charge >= 0.3 is 5.97 Å². The van der Waals surface area contributed by atoms with Gasteiger partial charge < -0.3 is 9.84 Å². The van der Waals surface area contributed by atoms with Gasteiger partial charge in [0.15, 0.2) is 0 Å². The average Bonchev–Trinajstić information content (AvgIpc) is 2.71. The predicted molar refractivity (Wildman–Crippen MR) is 111 cm³/mol. The van der Waals surface area contributed by atoms with Crippen molar-refractivity contribution < 1.29 is 14.6 Å². The van der Waals surface area contributed by atoms with E-state index < -0.39 is 0 Å². The van der Waals surface area contributed by atoms with E-state index >= 15 is 0 Å². The number of carbonyl (C=O) groups excluding carboxylic acids is 1. The molecule has 0 radical (unpaired) electrons. The summed E-state index contributed by atoms with van der Waals surface area (Å²) >= 11 is 6.09. The van der Waals surface area contributed by atoms with Crippen LogP contribution in [0.25, 0.3) is 22.3 Å². The van der Waals surface area contributed by atoms with E-state index in [1.807, 2.05) is 50.2 Å². The second-order valence-corrected chi connectivity index (χ2v) is 5.94. The van der Waals surface area contributed by atoms with Crippen LogP contribution in [0.2, 0.25) is 5.02 Å². The minimum absolute atomic E-state index is 0.151. The summed E-state index contributed by atoms with van der Waals surface area (Å²) in [5.41, 5.74) is 3.73. The van der Waals surface area contributed by atoms with Crippen molar-refractivity contribution in [2.75, 3.05) is 6.61 Å². The van der Waals surface area contributed by atoms with Crippen LogP contribution in [0.5, 0.6) is 5.75 Å². The summed E-state index contributed by atoms with van der Waals surface area (Å²) in [7, 11) is 0. The molecular weight excluding hydrogens is 360 g/mol. The highest BCUT2D eigenvalue weighted by Crippen LogP contribution is 2.38. The maximum atomic E-state index is 12.0. The molecule has 140 valence electrons. The largest absolute Gasteiger partial charge is 0.507 e. The Labute approximate surface area is 165 Å². The van der Waals surface area contributed by atoms with Crippen LogP contribution in [0.15, 0.2) is 66.7 Å². The minimum atomic E-state index is -0.354. The van der Waals surface area contributed by atoms with E-state index in [0.717, 1.165) is 16.7 Å². The van der Waals surface area contributed by atoms with Gasteiger partial charge in [-0.1, -0.05) is 61.8 Å². The molecule has 0 amide bonds. The van der Waals surface area contributed by atoms with Crippen LogP contribution in [0.1, 0.15) is 31.1 Å². The Morgan fingerprint density at radius 2 is 1.63 bits per heavy atom. The van der Waals surface area contributed by atoms with Gasteiger partial charge in [0.1, 0.15) is 5.75 Å². The Morgan fingerprint density at radius 3 is 2.33 bits per heavy atom. The first-order valence-corrected chi connectivity index (χ1v) is 9.33. The molecule has 0 aliphatic carbocycles. The SMILES string of the molecule is CC.CCOC(=O)c1cccc(-c2ccccc2-c2cc(Cl)ccc2O)c1. The molecule has 0 spiro atoms. The zero-order valence-electron chi connectivity index (χ0n) is 15.7. The maximum Gasteiger partial charge on any atom is 0.338 e. The van der Waals surface area contributed by atoms with Gasteiger partial charge in [0.25, 0.3) is 0 Å². The van der Waals surface area contributed by atoms with Crippen LogP contribution in [-0.4, -0.2) is 17.7 Å². The molecule has 0 atom stereocenters. The summed E-state index contributed by atoms with van der Waals surface area (Å²) in [6.07, 6.45) is 0. The van der Waals surface area contributed by atoms with Crippen LogP contribution in [0.3, 0.4) is 0 Å². The molecule has 0 saturated carbocycles. The van der Waals surface area contributed by atoms with Gasteiger partial charge in [-0.15, -0.1) is 0 Å². The number of phenolic OH excluding ortho intramolecular Hbond substituents is 1. The van der Waals surface area contributed by atoms with Gasteiger partial charge in [-0.25, -0.2) is 4.79 Å². The number of carbonyl (C=O) groups is 1. The number of benzene rings is 3. The zero-order valence-corrected chi connectivity index (χ0v) is 16.5.